The molecular formula is C21H26BrN5O2S. The molecule has 0 saturated heterocycles. The summed E-state index contributed by atoms with van der Waals surface area (Å²) in [5, 5.41) is 5.31. The Morgan fingerprint density at radius 3 is 2.73 bits per heavy atom. The average Bonchev–Trinajstić information content (AvgIpc) is 3.30. The second kappa shape index (κ2) is 10.3. The maximum absolute atomic E-state index is 12.4. The van der Waals surface area contributed by atoms with Gasteiger partial charge in [0.05, 0.1) is 10.2 Å². The van der Waals surface area contributed by atoms with E-state index in [0.717, 1.165) is 40.4 Å². The summed E-state index contributed by atoms with van der Waals surface area (Å²) in [6.45, 7) is 11.1. The van der Waals surface area contributed by atoms with E-state index < -0.39 is 0 Å². The molecule has 0 aliphatic rings. The number of carbonyl (C=O) groups excluding carboxylic acids is 1. The van der Waals surface area contributed by atoms with Crippen molar-refractivity contribution >= 4 is 33.4 Å². The SMILES string of the molecule is CCN(CC)CCOC(=O)Cn1nc(C)c(Br)c1-c1nsc(-c2cccc(C)c2)n1. The number of aromatic nitrogens is 4. The number of carbonyl (C=O) groups is 1. The van der Waals surface area contributed by atoms with Crippen molar-refractivity contribution < 1.29 is 9.53 Å². The summed E-state index contributed by atoms with van der Waals surface area (Å²) in [5.74, 6) is 0.215. The second-order valence-electron chi connectivity index (χ2n) is 6.95. The zero-order valence-corrected chi connectivity index (χ0v) is 20.1. The maximum Gasteiger partial charge on any atom is 0.327 e. The molecule has 2 heterocycles. The van der Waals surface area contributed by atoms with Crippen LogP contribution in [0.5, 0.6) is 0 Å². The Morgan fingerprint density at radius 2 is 2.03 bits per heavy atom. The molecule has 0 amide bonds. The molecule has 9 heteroatoms. The second-order valence-corrected chi connectivity index (χ2v) is 8.49. The molecule has 30 heavy (non-hydrogen) atoms. The smallest absolute Gasteiger partial charge is 0.327 e. The van der Waals surface area contributed by atoms with Crippen molar-refractivity contribution in [2.75, 3.05) is 26.2 Å². The highest BCUT2D eigenvalue weighted by Crippen LogP contribution is 2.32. The van der Waals surface area contributed by atoms with Crippen molar-refractivity contribution in [2.24, 2.45) is 0 Å². The number of benzene rings is 1. The highest BCUT2D eigenvalue weighted by atomic mass is 79.9. The van der Waals surface area contributed by atoms with Gasteiger partial charge in [-0.1, -0.05) is 37.6 Å². The number of esters is 1. The lowest BCUT2D eigenvalue weighted by atomic mass is 10.1. The summed E-state index contributed by atoms with van der Waals surface area (Å²) in [4.78, 5) is 19.3. The van der Waals surface area contributed by atoms with Crippen LogP contribution >= 0.6 is 27.5 Å². The van der Waals surface area contributed by atoms with E-state index in [1.807, 2.05) is 32.0 Å². The Hall–Kier alpha value is -2.10. The molecule has 0 bridgehead atoms. The minimum atomic E-state index is -0.326. The fourth-order valence-electron chi connectivity index (χ4n) is 3.10. The van der Waals surface area contributed by atoms with E-state index >= 15 is 0 Å². The maximum atomic E-state index is 12.4. The van der Waals surface area contributed by atoms with E-state index in [-0.39, 0.29) is 12.5 Å². The summed E-state index contributed by atoms with van der Waals surface area (Å²) in [5.41, 5.74) is 3.64. The standard InChI is InChI=1S/C21H26BrN5O2S/c1-5-26(6-2)10-11-29-17(28)13-27-19(18(22)15(4)24-27)20-23-21(30-25-20)16-9-7-8-14(3)12-16/h7-9,12H,5-6,10-11,13H2,1-4H3. The largest absolute Gasteiger partial charge is 0.463 e. The highest BCUT2D eigenvalue weighted by Gasteiger charge is 2.21. The lowest BCUT2D eigenvalue weighted by Crippen LogP contribution is -2.28. The van der Waals surface area contributed by atoms with Crippen molar-refractivity contribution in [2.45, 2.75) is 34.2 Å². The van der Waals surface area contributed by atoms with E-state index in [1.165, 1.54) is 17.1 Å². The first-order chi connectivity index (χ1) is 14.4. The molecule has 3 aromatic rings. The first kappa shape index (κ1) is 22.6. The molecule has 0 saturated carbocycles. The Bertz CT molecular complexity index is 1010. The van der Waals surface area contributed by atoms with Gasteiger partial charge in [-0.15, -0.1) is 0 Å². The number of ether oxygens (including phenoxy) is 1. The minimum Gasteiger partial charge on any atom is -0.463 e. The van der Waals surface area contributed by atoms with E-state index in [0.29, 0.717) is 18.1 Å². The zero-order valence-electron chi connectivity index (χ0n) is 17.7. The van der Waals surface area contributed by atoms with Crippen LogP contribution in [0.25, 0.3) is 22.1 Å². The number of halogens is 1. The normalized spacial score (nSPS) is 11.3. The van der Waals surface area contributed by atoms with Crippen molar-refractivity contribution in [3.8, 4) is 22.1 Å². The van der Waals surface area contributed by atoms with Gasteiger partial charge in [-0.25, -0.2) is 9.67 Å². The predicted molar refractivity (Wildman–Crippen MR) is 122 cm³/mol. The van der Waals surface area contributed by atoms with Gasteiger partial charge in [0.1, 0.15) is 23.9 Å². The topological polar surface area (TPSA) is 73.1 Å². The van der Waals surface area contributed by atoms with Crippen molar-refractivity contribution in [1.82, 2.24) is 24.0 Å². The van der Waals surface area contributed by atoms with Gasteiger partial charge in [-0.3, -0.25) is 4.79 Å². The van der Waals surface area contributed by atoms with E-state index in [4.69, 9.17) is 9.72 Å². The fraction of sp³-hybridized carbons (Fsp3) is 0.429. The molecule has 7 nitrogen and oxygen atoms in total. The Labute approximate surface area is 189 Å². The quantitative estimate of drug-likeness (QED) is 0.414. The Morgan fingerprint density at radius 1 is 1.27 bits per heavy atom. The zero-order chi connectivity index (χ0) is 21.7. The van der Waals surface area contributed by atoms with Crippen LogP contribution in [0.1, 0.15) is 25.1 Å². The molecule has 0 atom stereocenters. The molecule has 1 aromatic carbocycles. The molecule has 0 radical (unpaired) electrons. The van der Waals surface area contributed by atoms with Crippen LogP contribution in [-0.4, -0.2) is 56.2 Å². The monoisotopic (exact) mass is 491 g/mol. The molecule has 0 N–H and O–H groups in total. The highest BCUT2D eigenvalue weighted by molar-refractivity contribution is 9.10. The number of aryl methyl sites for hydroxylation is 2. The molecule has 0 fully saturated rings. The van der Waals surface area contributed by atoms with Gasteiger partial charge >= 0.3 is 5.97 Å². The third-order valence-corrected chi connectivity index (χ3v) is 6.51. The van der Waals surface area contributed by atoms with Crippen LogP contribution in [0, 0.1) is 13.8 Å². The number of nitrogens with zero attached hydrogens (tertiary/aromatic N) is 5. The van der Waals surface area contributed by atoms with Crippen molar-refractivity contribution in [3.63, 3.8) is 0 Å². The predicted octanol–water partition coefficient (Wildman–Crippen LogP) is 4.33. The van der Waals surface area contributed by atoms with Gasteiger partial charge in [0.15, 0.2) is 5.82 Å². The van der Waals surface area contributed by atoms with Crippen LogP contribution in [0.2, 0.25) is 0 Å². The van der Waals surface area contributed by atoms with Crippen LogP contribution in [0.4, 0.5) is 0 Å². The molecular weight excluding hydrogens is 466 g/mol. The molecule has 3 rings (SSSR count). The minimum absolute atomic E-state index is 0.0129. The first-order valence-corrected chi connectivity index (χ1v) is 11.5. The van der Waals surface area contributed by atoms with Crippen LogP contribution in [-0.2, 0) is 16.1 Å². The Balaban J connectivity index is 1.76. The van der Waals surface area contributed by atoms with Gasteiger partial charge < -0.3 is 9.64 Å². The molecule has 160 valence electrons. The molecule has 0 aliphatic heterocycles. The fourth-order valence-corrected chi connectivity index (χ4v) is 4.22. The van der Waals surface area contributed by atoms with Gasteiger partial charge in [-0.2, -0.15) is 9.47 Å². The van der Waals surface area contributed by atoms with E-state index in [2.05, 4.69) is 50.2 Å². The lowest BCUT2D eigenvalue weighted by Gasteiger charge is -2.17. The molecule has 2 aromatic heterocycles. The first-order valence-electron chi connectivity index (χ1n) is 9.94. The average molecular weight is 492 g/mol. The lowest BCUT2D eigenvalue weighted by molar-refractivity contribution is -0.144. The van der Waals surface area contributed by atoms with Gasteiger partial charge in [0.25, 0.3) is 0 Å². The van der Waals surface area contributed by atoms with E-state index in [1.54, 1.807) is 4.68 Å². The van der Waals surface area contributed by atoms with Crippen molar-refractivity contribution in [3.05, 3.63) is 40.0 Å². The Kier molecular flexibility index (Phi) is 7.74. The summed E-state index contributed by atoms with van der Waals surface area (Å²) in [7, 11) is 0. The molecule has 0 aliphatic carbocycles. The van der Waals surface area contributed by atoms with Crippen LogP contribution in [0.3, 0.4) is 0 Å². The van der Waals surface area contributed by atoms with Gasteiger partial charge in [0.2, 0.25) is 0 Å². The summed E-state index contributed by atoms with van der Waals surface area (Å²) in [6, 6.07) is 8.15. The number of hydrogen-bond donors (Lipinski definition) is 0. The summed E-state index contributed by atoms with van der Waals surface area (Å²) in [6.07, 6.45) is 0. The summed E-state index contributed by atoms with van der Waals surface area (Å²) < 4.78 is 12.3. The number of hydrogen-bond acceptors (Lipinski definition) is 7. The molecule has 0 unspecified atom stereocenters. The summed E-state index contributed by atoms with van der Waals surface area (Å²) >= 11 is 4.91. The number of rotatable bonds is 9. The van der Waals surface area contributed by atoms with Crippen molar-refractivity contribution in [1.29, 1.82) is 0 Å². The van der Waals surface area contributed by atoms with Gasteiger partial charge in [-0.05, 0) is 60.5 Å². The van der Waals surface area contributed by atoms with Gasteiger partial charge in [0, 0.05) is 12.1 Å². The number of likely N-dealkylation sites (N-methyl/N-ethyl adjacent to an activating group) is 1. The van der Waals surface area contributed by atoms with E-state index in [9.17, 15) is 4.79 Å². The van der Waals surface area contributed by atoms with Crippen LogP contribution < -0.4 is 0 Å². The van der Waals surface area contributed by atoms with Crippen LogP contribution in [0.15, 0.2) is 28.7 Å². The third-order valence-electron chi connectivity index (χ3n) is 4.80. The third kappa shape index (κ3) is 5.33. The molecule has 0 spiro atoms.